The minimum Gasteiger partial charge on any atom is -0.379 e. The Balaban J connectivity index is 0.711. The van der Waals surface area contributed by atoms with Crippen LogP contribution in [0.4, 0.5) is 5.95 Å². The number of aromatic nitrogens is 7. The molecule has 4 aromatic heterocycles. The zero-order valence-corrected chi connectivity index (χ0v) is 43.7. The average Bonchev–Trinajstić information content (AvgIpc) is 4.06. The number of thiophene rings is 1. The van der Waals surface area contributed by atoms with Crippen LogP contribution in [-0.4, -0.2) is 162 Å². The van der Waals surface area contributed by atoms with Crippen LogP contribution in [0.2, 0.25) is 5.02 Å². The number of aryl methyl sites for hydroxylation is 2. The van der Waals surface area contributed by atoms with E-state index in [1.54, 1.807) is 11.3 Å². The summed E-state index contributed by atoms with van der Waals surface area (Å²) in [5.41, 5.74) is 8.76. The monoisotopic (exact) mass is 1090 g/mol. The van der Waals surface area contributed by atoms with E-state index in [0.29, 0.717) is 69.9 Å². The Labute approximate surface area is 431 Å². The number of H-pyrrole nitrogens is 1. The van der Waals surface area contributed by atoms with Gasteiger partial charge in [0, 0.05) is 40.8 Å². The molecule has 73 heavy (non-hydrogen) atoms. The Morgan fingerprint density at radius 3 is 2.40 bits per heavy atom. The third-order valence-electron chi connectivity index (χ3n) is 11.9. The maximum atomic E-state index is 13.3. The van der Waals surface area contributed by atoms with Gasteiger partial charge in [-0.25, -0.2) is 0 Å². The number of fused-ring (bicyclic) bond motifs is 5. The van der Waals surface area contributed by atoms with Gasteiger partial charge in [-0.1, -0.05) is 23.7 Å². The normalized spacial score (nSPS) is 20.9. The molecule has 396 valence electrons. The van der Waals surface area contributed by atoms with Gasteiger partial charge in [-0.3, -0.25) is 14.4 Å². The second-order valence-corrected chi connectivity index (χ2v) is 21.5. The maximum absolute atomic E-state index is 13.3. The summed E-state index contributed by atoms with van der Waals surface area (Å²) in [6.07, 6.45) is -3.72. The molecule has 5 aromatic rings. The predicted molar refractivity (Wildman–Crippen MR) is 270 cm³/mol. The van der Waals surface area contributed by atoms with Crippen LogP contribution in [0.25, 0.3) is 16.2 Å². The number of ether oxygens (including phenoxy) is 4. The number of aliphatic hydroxyl groups excluding tert-OH is 1. The number of nitrogens with two attached hydrogens (primary N) is 1. The van der Waals surface area contributed by atoms with E-state index in [1.807, 2.05) is 35.8 Å². The minimum absolute atomic E-state index is 0.0483. The van der Waals surface area contributed by atoms with Crippen LogP contribution in [0.5, 0.6) is 0 Å². The number of halogens is 1. The molecule has 3 aliphatic heterocycles. The quantitative estimate of drug-likeness (QED) is 0.0262. The summed E-state index contributed by atoms with van der Waals surface area (Å²) in [5.74, 6) is -0.102. The first kappa shape index (κ1) is 54.3. The third kappa shape index (κ3) is 12.9. The molecule has 2 saturated heterocycles. The van der Waals surface area contributed by atoms with Crippen molar-refractivity contribution in [2.75, 3.05) is 70.8 Å². The first-order valence-electron chi connectivity index (χ1n) is 23.4. The number of aliphatic hydroxyl groups is 1. The van der Waals surface area contributed by atoms with Gasteiger partial charge < -0.3 is 19.5 Å². The van der Waals surface area contributed by atoms with Gasteiger partial charge in [-0.15, -0.1) is 21.5 Å². The van der Waals surface area contributed by atoms with Crippen molar-refractivity contribution in [3.63, 3.8) is 0 Å². The van der Waals surface area contributed by atoms with Crippen LogP contribution in [0, 0.1) is 20.8 Å². The van der Waals surface area contributed by atoms with Crippen LogP contribution >= 0.6 is 42.9 Å². The molecule has 7 heterocycles. The fourth-order valence-electron chi connectivity index (χ4n) is 8.35. The van der Waals surface area contributed by atoms with Gasteiger partial charge in [-0.2, -0.15) is 0 Å². The standard InChI is InChI=1S/C44H58ClN12O13PS2/c1-22-23(2)73-42-32(22)33(26-7-9-27(45)10-8-26)50-28(37-55-54-24(3)56(37)42)19-31(59)47-11-5-13-65-15-17-67-18-16-66-14-6-12-48-39(61)29(49-25(4)58)21-72-44-51-34-38(52-43(46)53-40(34)62)57(44)41-35(60)36-30(69-41)20-68-71(63,64)70-36/h7-10,28-30,35-36,41,60,63-64,71H,5-6,11-21H2,1-4H3,(H,47,59)(H,48,61)(H,49,58)(H3,46,52,53,62)/t28-,29-,30+,35+,36+,41+/m0/s1. The summed E-state index contributed by atoms with van der Waals surface area (Å²) in [6, 6.07) is 5.93. The number of thioether (sulfide) groups is 1. The number of anilines is 1. The van der Waals surface area contributed by atoms with Gasteiger partial charge in [-0.05, 0) is 51.3 Å². The topological polar surface area (TPSA) is 336 Å². The van der Waals surface area contributed by atoms with Crippen molar-refractivity contribution >= 4 is 83.4 Å². The molecule has 0 unspecified atom stereocenters. The summed E-state index contributed by atoms with van der Waals surface area (Å²) in [6.45, 7) is 9.77. The van der Waals surface area contributed by atoms with Crippen molar-refractivity contribution < 1.29 is 57.3 Å². The van der Waals surface area contributed by atoms with Crippen LogP contribution in [0.1, 0.15) is 71.7 Å². The molecular formula is C44H58ClN12O13PS2. The van der Waals surface area contributed by atoms with Crippen molar-refractivity contribution in [3.8, 4) is 5.00 Å². The number of nitrogens with zero attached hydrogens (tertiary/aromatic N) is 7. The number of hydrogen-bond donors (Lipinski definition) is 8. The van der Waals surface area contributed by atoms with Crippen LogP contribution in [0.3, 0.4) is 0 Å². The van der Waals surface area contributed by atoms with Crippen LogP contribution in [-0.2, 0) is 42.4 Å². The second kappa shape index (κ2) is 24.1. The number of aromatic amines is 1. The number of imidazole rings is 1. The molecular weight excluding hydrogens is 1040 g/mol. The van der Waals surface area contributed by atoms with Gasteiger partial charge in [0.15, 0.2) is 5.82 Å². The van der Waals surface area contributed by atoms with Crippen molar-refractivity contribution in [1.82, 2.24) is 50.2 Å². The summed E-state index contributed by atoms with van der Waals surface area (Å²) >= 11 is 8.85. The van der Waals surface area contributed by atoms with E-state index in [4.69, 9.17) is 50.3 Å². The molecule has 0 bridgehead atoms. The summed E-state index contributed by atoms with van der Waals surface area (Å²) in [4.78, 5) is 88.7. The van der Waals surface area contributed by atoms with Crippen molar-refractivity contribution in [2.24, 2.45) is 4.99 Å². The van der Waals surface area contributed by atoms with Gasteiger partial charge in [0.1, 0.15) is 16.9 Å². The second-order valence-electron chi connectivity index (χ2n) is 17.2. The SMILES string of the molecule is CC(=O)N[C@@H](CSc1nc2c(=O)[nH]c(N)nc2n1[C@@H]1O[C@@H]2CO[PH](O)(O)O[C@H]2[C@H]1O)C(=O)NCCCOCCOCCOCCCNC(=O)C[C@@H]1N=C(c2ccc(Cl)cc2)c2c(sc(C)c2C)-n2c(C)nnc21. The molecule has 3 amide bonds. The van der Waals surface area contributed by atoms with Crippen molar-refractivity contribution in [2.45, 2.75) is 88.7 Å². The Morgan fingerprint density at radius 1 is 1.01 bits per heavy atom. The molecule has 3 aliphatic rings. The summed E-state index contributed by atoms with van der Waals surface area (Å²) in [5, 5.41) is 30.1. The van der Waals surface area contributed by atoms with Crippen LogP contribution in [0.15, 0.2) is 39.2 Å². The van der Waals surface area contributed by atoms with Gasteiger partial charge in [0.2, 0.25) is 5.91 Å². The fourth-order valence-corrected chi connectivity index (χ4v) is 11.8. The predicted octanol–water partition coefficient (Wildman–Crippen LogP) is 1.63. The molecule has 6 atom stereocenters. The number of carbonyl (C=O) groups is 3. The molecule has 25 nitrogen and oxygen atoms in total. The summed E-state index contributed by atoms with van der Waals surface area (Å²) < 4.78 is 36.5. The number of hydrogen-bond acceptors (Lipinski definition) is 21. The van der Waals surface area contributed by atoms with E-state index in [9.17, 15) is 34.1 Å². The third-order valence-corrected chi connectivity index (χ3v) is 15.5. The Hall–Kier alpha value is -5.00. The molecule has 29 heteroatoms. The Morgan fingerprint density at radius 2 is 1.70 bits per heavy atom. The van der Waals surface area contributed by atoms with Gasteiger partial charge in [0.25, 0.3) is 0 Å². The minimum atomic E-state index is -4.51. The Bertz CT molecular complexity index is 2880. The zero-order valence-electron chi connectivity index (χ0n) is 40.3. The summed E-state index contributed by atoms with van der Waals surface area (Å²) in [7, 11) is -4.51. The molecule has 0 spiro atoms. The smallest absolute Gasteiger partial charge is 0.379 e. The zero-order chi connectivity index (χ0) is 52.0. The first-order valence-corrected chi connectivity index (χ1v) is 27.3. The van der Waals surface area contributed by atoms with E-state index < -0.39 is 62.2 Å². The van der Waals surface area contributed by atoms with Gasteiger partial charge >= 0.3 is 195 Å². The molecule has 0 radical (unpaired) electrons. The molecule has 0 aliphatic carbocycles. The number of aliphatic imine (C=N–C) groups is 1. The van der Waals surface area contributed by atoms with E-state index >= 15 is 0 Å². The first-order chi connectivity index (χ1) is 35.0. The Kier molecular flexibility index (Phi) is 17.9. The number of amides is 3. The number of carbonyl (C=O) groups excluding carboxylic acids is 3. The molecule has 9 N–H and O–H groups in total. The average molecular weight is 1090 g/mol. The van der Waals surface area contributed by atoms with E-state index in [1.165, 1.54) is 11.5 Å². The van der Waals surface area contributed by atoms with Gasteiger partial charge in [0.05, 0.1) is 38.6 Å². The number of nitrogens with one attached hydrogen (secondary N) is 4. The molecule has 1 aromatic carbocycles. The fraction of sp³-hybridized carbons (Fsp3) is 0.523. The van der Waals surface area contributed by atoms with E-state index in [-0.39, 0.29) is 53.5 Å². The number of rotatable bonds is 23. The molecule has 8 rings (SSSR count). The molecule has 2 fully saturated rings. The van der Waals surface area contributed by atoms with Crippen molar-refractivity contribution in [3.05, 3.63) is 72.9 Å². The van der Waals surface area contributed by atoms with Crippen molar-refractivity contribution in [1.29, 1.82) is 0 Å². The van der Waals surface area contributed by atoms with Crippen LogP contribution < -0.4 is 27.2 Å². The number of benzene rings is 1. The van der Waals surface area contributed by atoms with E-state index in [2.05, 4.69) is 54.9 Å². The molecule has 0 saturated carbocycles. The van der Waals surface area contributed by atoms with E-state index in [0.717, 1.165) is 49.9 Å². The number of nitrogen functional groups attached to an aromatic ring is 1.